The predicted octanol–water partition coefficient (Wildman–Crippen LogP) is 2.67. The molecule has 1 amide bonds. The monoisotopic (exact) mass is 396 g/mol. The number of amides is 1. The predicted molar refractivity (Wildman–Crippen MR) is 105 cm³/mol. The second kappa shape index (κ2) is 6.20. The highest BCUT2D eigenvalue weighted by Gasteiger charge is 2.62. The Bertz CT molecular complexity index is 1020. The van der Waals surface area contributed by atoms with Crippen molar-refractivity contribution in [2.45, 2.75) is 52.1 Å². The Kier molecular flexibility index (Phi) is 4.12. The van der Waals surface area contributed by atoms with E-state index in [2.05, 4.69) is 5.32 Å². The molecule has 7 heteroatoms. The Morgan fingerprint density at radius 2 is 1.90 bits per heavy atom. The summed E-state index contributed by atoms with van der Waals surface area (Å²) in [6, 6.07) is 7.00. The van der Waals surface area contributed by atoms with Gasteiger partial charge in [-0.25, -0.2) is 4.79 Å². The maximum Gasteiger partial charge on any atom is 0.341 e. The molecule has 0 fully saturated rings. The van der Waals surface area contributed by atoms with Crippen LogP contribution < -0.4 is 11.1 Å². The first-order chi connectivity index (χ1) is 13.6. The molecule has 0 unspecified atom stereocenters. The van der Waals surface area contributed by atoms with Gasteiger partial charge in [0.15, 0.2) is 5.78 Å². The summed E-state index contributed by atoms with van der Waals surface area (Å²) in [4.78, 5) is 39.9. The van der Waals surface area contributed by atoms with Crippen molar-refractivity contribution < 1.29 is 23.9 Å². The van der Waals surface area contributed by atoms with Crippen molar-refractivity contribution in [1.29, 1.82) is 0 Å². The normalized spacial score (nSPS) is 25.0. The highest BCUT2D eigenvalue weighted by Crippen LogP contribution is 2.56. The van der Waals surface area contributed by atoms with E-state index in [0.29, 0.717) is 23.4 Å². The molecular formula is C22H24N2O5. The van der Waals surface area contributed by atoms with Gasteiger partial charge in [-0.05, 0) is 25.3 Å². The quantitative estimate of drug-likeness (QED) is 0.744. The Hall–Kier alpha value is -3.09. The Labute approximate surface area is 168 Å². The summed E-state index contributed by atoms with van der Waals surface area (Å²) in [6.07, 6.45) is 0.230. The van der Waals surface area contributed by atoms with E-state index < -0.39 is 23.4 Å². The molecule has 7 nitrogen and oxygen atoms in total. The van der Waals surface area contributed by atoms with E-state index in [0.717, 1.165) is 0 Å². The second-order valence-corrected chi connectivity index (χ2v) is 8.78. The summed E-state index contributed by atoms with van der Waals surface area (Å²) in [5.41, 5.74) is 5.27. The third-order valence-electron chi connectivity index (χ3n) is 5.53. The number of hydrogen-bond donors (Lipinski definition) is 2. The number of hydrogen-bond acceptors (Lipinski definition) is 6. The van der Waals surface area contributed by atoms with Crippen LogP contribution in [0.15, 0.2) is 47.1 Å². The van der Waals surface area contributed by atoms with Crippen molar-refractivity contribution in [3.05, 3.63) is 52.6 Å². The highest BCUT2D eigenvalue weighted by molar-refractivity contribution is 6.22. The Balaban J connectivity index is 2.04. The smallest absolute Gasteiger partial charge is 0.341 e. The lowest BCUT2D eigenvalue weighted by Gasteiger charge is -2.42. The number of anilines is 1. The molecule has 1 aromatic carbocycles. The highest BCUT2D eigenvalue weighted by atomic mass is 16.5. The van der Waals surface area contributed by atoms with Crippen LogP contribution in [0, 0.1) is 5.41 Å². The number of ketones is 1. The lowest BCUT2D eigenvalue weighted by molar-refractivity contribution is -0.145. The van der Waals surface area contributed by atoms with Crippen molar-refractivity contribution in [3.63, 3.8) is 0 Å². The van der Waals surface area contributed by atoms with Gasteiger partial charge >= 0.3 is 5.97 Å². The standard InChI is InChI=1S/C22H24N2O5/c1-11(2)28-19(26)17-18(23)29-15-10-21(3,4)9-14(25)16(15)22(17)12-7-5-6-8-13(12)24-20(22)27/h5-8,11H,9-10,23H2,1-4H3,(H,24,27)/t22-/m1/s1. The number of nitrogens with one attached hydrogen (secondary N) is 1. The van der Waals surface area contributed by atoms with Gasteiger partial charge < -0.3 is 20.5 Å². The largest absolute Gasteiger partial charge is 0.459 e. The summed E-state index contributed by atoms with van der Waals surface area (Å²) in [7, 11) is 0. The number of ether oxygens (including phenoxy) is 2. The number of carbonyl (C=O) groups excluding carboxylic acids is 3. The fourth-order valence-corrected chi connectivity index (χ4v) is 4.54. The molecular weight excluding hydrogens is 372 g/mol. The molecule has 0 saturated carbocycles. The molecule has 152 valence electrons. The minimum absolute atomic E-state index is 0.138. The molecule has 0 aromatic heterocycles. The molecule has 3 aliphatic rings. The molecule has 29 heavy (non-hydrogen) atoms. The van der Waals surface area contributed by atoms with Gasteiger partial charge in [0, 0.05) is 24.1 Å². The molecule has 1 spiro atoms. The number of allylic oxidation sites excluding steroid dienone is 1. The van der Waals surface area contributed by atoms with Crippen LogP contribution in [0.3, 0.4) is 0 Å². The van der Waals surface area contributed by atoms with Gasteiger partial charge in [0.1, 0.15) is 16.7 Å². The van der Waals surface area contributed by atoms with E-state index in [4.69, 9.17) is 15.2 Å². The van der Waals surface area contributed by atoms with E-state index in [1.807, 2.05) is 13.8 Å². The molecule has 4 rings (SSSR count). The molecule has 1 atom stereocenters. The number of nitrogens with two attached hydrogens (primary N) is 1. The summed E-state index contributed by atoms with van der Waals surface area (Å²) in [5.74, 6) is -1.36. The molecule has 1 aromatic rings. The summed E-state index contributed by atoms with van der Waals surface area (Å²) in [6.45, 7) is 7.31. The molecule has 0 bridgehead atoms. The number of Topliss-reactive ketones (excluding diaryl/α,β-unsaturated/α-hetero) is 1. The van der Waals surface area contributed by atoms with Crippen LogP contribution in [0.2, 0.25) is 0 Å². The molecule has 2 aliphatic heterocycles. The zero-order valence-corrected chi connectivity index (χ0v) is 16.9. The first kappa shape index (κ1) is 19.2. The van der Waals surface area contributed by atoms with Crippen molar-refractivity contribution >= 4 is 23.3 Å². The van der Waals surface area contributed by atoms with Crippen molar-refractivity contribution in [1.82, 2.24) is 0 Å². The van der Waals surface area contributed by atoms with Crippen LogP contribution in [0.25, 0.3) is 0 Å². The van der Waals surface area contributed by atoms with Crippen LogP contribution in [0.1, 0.15) is 46.1 Å². The average Bonchev–Trinajstić information content (AvgIpc) is 2.85. The summed E-state index contributed by atoms with van der Waals surface area (Å²) >= 11 is 0. The van der Waals surface area contributed by atoms with Crippen LogP contribution in [-0.4, -0.2) is 23.8 Å². The van der Waals surface area contributed by atoms with Gasteiger partial charge in [0.25, 0.3) is 0 Å². The fraction of sp³-hybridized carbons (Fsp3) is 0.409. The first-order valence-electron chi connectivity index (χ1n) is 9.65. The lowest BCUT2D eigenvalue weighted by atomic mass is 9.62. The van der Waals surface area contributed by atoms with E-state index in [1.54, 1.807) is 38.1 Å². The van der Waals surface area contributed by atoms with E-state index in [9.17, 15) is 14.4 Å². The molecule has 1 aliphatic carbocycles. The molecule has 2 heterocycles. The van der Waals surface area contributed by atoms with Crippen LogP contribution in [0.4, 0.5) is 5.69 Å². The minimum atomic E-state index is -1.67. The summed E-state index contributed by atoms with van der Waals surface area (Å²) < 4.78 is 11.2. The van der Waals surface area contributed by atoms with Gasteiger partial charge in [-0.1, -0.05) is 32.0 Å². The third kappa shape index (κ3) is 2.68. The molecule has 0 saturated heterocycles. The lowest BCUT2D eigenvalue weighted by Crippen LogP contribution is -2.50. The maximum atomic E-state index is 13.5. The number of para-hydroxylation sites is 1. The second-order valence-electron chi connectivity index (χ2n) is 8.78. The van der Waals surface area contributed by atoms with Gasteiger partial charge in [-0.2, -0.15) is 0 Å². The number of benzene rings is 1. The van der Waals surface area contributed by atoms with Crippen molar-refractivity contribution in [2.75, 3.05) is 5.32 Å². The molecule has 3 N–H and O–H groups in total. The first-order valence-corrected chi connectivity index (χ1v) is 9.65. The van der Waals surface area contributed by atoms with Gasteiger partial charge in [0.2, 0.25) is 11.8 Å². The van der Waals surface area contributed by atoms with Crippen LogP contribution >= 0.6 is 0 Å². The minimum Gasteiger partial charge on any atom is -0.459 e. The van der Waals surface area contributed by atoms with E-state index >= 15 is 0 Å². The van der Waals surface area contributed by atoms with Crippen LogP contribution in [0.5, 0.6) is 0 Å². The zero-order chi connectivity index (χ0) is 21.1. The fourth-order valence-electron chi connectivity index (χ4n) is 4.54. The number of carbonyl (C=O) groups is 3. The third-order valence-corrected chi connectivity index (χ3v) is 5.53. The topological polar surface area (TPSA) is 108 Å². The molecule has 0 radical (unpaired) electrons. The number of rotatable bonds is 2. The van der Waals surface area contributed by atoms with E-state index in [1.165, 1.54) is 0 Å². The van der Waals surface area contributed by atoms with Crippen molar-refractivity contribution in [3.8, 4) is 0 Å². The number of esters is 1. The number of fused-ring (bicyclic) bond motifs is 3. The van der Waals surface area contributed by atoms with Gasteiger partial charge in [-0.3, -0.25) is 9.59 Å². The summed E-state index contributed by atoms with van der Waals surface area (Å²) in [5, 5.41) is 2.81. The average molecular weight is 396 g/mol. The van der Waals surface area contributed by atoms with Gasteiger partial charge in [0.05, 0.1) is 11.7 Å². The van der Waals surface area contributed by atoms with Gasteiger partial charge in [-0.15, -0.1) is 0 Å². The van der Waals surface area contributed by atoms with Crippen LogP contribution in [-0.2, 0) is 29.3 Å². The Morgan fingerprint density at radius 1 is 1.21 bits per heavy atom. The maximum absolute atomic E-state index is 13.5. The van der Waals surface area contributed by atoms with Crippen molar-refractivity contribution in [2.24, 2.45) is 11.1 Å². The van der Waals surface area contributed by atoms with E-state index in [-0.39, 0.29) is 34.6 Å². The SMILES string of the molecule is CC(C)OC(=O)C1=C(N)OC2=C(C(=O)CC(C)(C)C2)[C@@]12C(=O)Nc1ccccc12. The Morgan fingerprint density at radius 3 is 2.59 bits per heavy atom. The zero-order valence-electron chi connectivity index (χ0n) is 16.9.